The second-order valence-corrected chi connectivity index (χ2v) is 8.20. The van der Waals surface area contributed by atoms with E-state index in [9.17, 15) is 18.0 Å². The first-order valence-electron chi connectivity index (χ1n) is 7.48. The zero-order chi connectivity index (χ0) is 15.9. The van der Waals surface area contributed by atoms with E-state index in [0.717, 1.165) is 31.9 Å². The Balaban J connectivity index is 2.46. The quantitative estimate of drug-likeness (QED) is 0.690. The van der Waals surface area contributed by atoms with Crippen LogP contribution in [0.3, 0.4) is 0 Å². The summed E-state index contributed by atoms with van der Waals surface area (Å²) < 4.78 is 22.2. The second-order valence-electron chi connectivity index (χ2n) is 5.94. The maximum atomic E-state index is 11.9. The fourth-order valence-electron chi connectivity index (χ4n) is 2.67. The van der Waals surface area contributed by atoms with Gasteiger partial charge in [-0.3, -0.25) is 4.79 Å². The van der Waals surface area contributed by atoms with Gasteiger partial charge in [-0.1, -0.05) is 25.7 Å². The average Bonchev–Trinajstić information content (AvgIpc) is 2.61. The molecule has 1 unspecified atom stereocenters. The number of rotatable bonds is 7. The van der Waals surface area contributed by atoms with Crippen LogP contribution in [0.4, 0.5) is 0 Å². The summed E-state index contributed by atoms with van der Waals surface area (Å²) in [6.07, 6.45) is 7.95. The van der Waals surface area contributed by atoms with Gasteiger partial charge < -0.3 is 10.4 Å². The van der Waals surface area contributed by atoms with Gasteiger partial charge in [0.1, 0.15) is 15.9 Å². The lowest BCUT2D eigenvalue weighted by atomic mass is 9.96. The van der Waals surface area contributed by atoms with Gasteiger partial charge in [-0.15, -0.1) is 0 Å². The number of carboxylic acid groups (broad SMARTS) is 1. The highest BCUT2D eigenvalue weighted by Crippen LogP contribution is 2.25. The number of carbonyl (C=O) groups is 2. The summed E-state index contributed by atoms with van der Waals surface area (Å²) in [5.41, 5.74) is 0. The third-order valence-electron chi connectivity index (χ3n) is 3.86. The molecule has 122 valence electrons. The van der Waals surface area contributed by atoms with E-state index in [4.69, 9.17) is 5.11 Å². The van der Waals surface area contributed by atoms with Crippen LogP contribution in [0, 0.1) is 5.92 Å². The number of amides is 1. The summed E-state index contributed by atoms with van der Waals surface area (Å²) in [6.45, 7) is 0. The fourth-order valence-corrected chi connectivity index (χ4v) is 3.34. The number of hydrogen-bond donors (Lipinski definition) is 2. The van der Waals surface area contributed by atoms with Crippen LogP contribution >= 0.6 is 0 Å². The first kappa shape index (κ1) is 17.9. The van der Waals surface area contributed by atoms with Crippen molar-refractivity contribution in [1.29, 1.82) is 0 Å². The molecular weight excluding hydrogens is 294 g/mol. The van der Waals surface area contributed by atoms with E-state index in [1.54, 1.807) is 0 Å². The van der Waals surface area contributed by atoms with Gasteiger partial charge in [0, 0.05) is 12.7 Å². The summed E-state index contributed by atoms with van der Waals surface area (Å²) in [4.78, 5) is 23.0. The number of aliphatic carboxylic acids is 1. The van der Waals surface area contributed by atoms with Crippen molar-refractivity contribution in [1.82, 2.24) is 5.32 Å². The standard InChI is InChI=1S/C14H25NO5S/c1-21(19,20)9-8-12(14(17)18)15-13(16)10-11-6-4-2-3-5-7-11/h11-12H,2-10H2,1H3,(H,15,16)(H,17,18). The second kappa shape index (κ2) is 8.36. The van der Waals surface area contributed by atoms with Crippen molar-refractivity contribution in [2.24, 2.45) is 5.92 Å². The van der Waals surface area contributed by atoms with Gasteiger partial charge >= 0.3 is 5.97 Å². The Hall–Kier alpha value is -1.11. The zero-order valence-corrected chi connectivity index (χ0v) is 13.3. The van der Waals surface area contributed by atoms with E-state index in [1.807, 2.05) is 0 Å². The Morgan fingerprint density at radius 1 is 1.19 bits per heavy atom. The Morgan fingerprint density at radius 3 is 2.24 bits per heavy atom. The molecule has 1 fully saturated rings. The van der Waals surface area contributed by atoms with Crippen molar-refractivity contribution >= 4 is 21.7 Å². The molecule has 1 atom stereocenters. The predicted molar refractivity (Wildman–Crippen MR) is 79.7 cm³/mol. The van der Waals surface area contributed by atoms with Gasteiger partial charge in [0.05, 0.1) is 5.75 Å². The van der Waals surface area contributed by atoms with Gasteiger partial charge in [-0.05, 0) is 25.2 Å². The highest BCUT2D eigenvalue weighted by Gasteiger charge is 2.23. The third kappa shape index (κ3) is 8.04. The van der Waals surface area contributed by atoms with E-state index in [2.05, 4.69) is 5.32 Å². The molecule has 1 saturated carbocycles. The number of carboxylic acids is 1. The average molecular weight is 319 g/mol. The normalized spacial score (nSPS) is 18.7. The molecule has 0 saturated heterocycles. The summed E-state index contributed by atoms with van der Waals surface area (Å²) in [6, 6.07) is -1.13. The first-order chi connectivity index (χ1) is 9.78. The maximum Gasteiger partial charge on any atom is 0.326 e. The van der Waals surface area contributed by atoms with Gasteiger partial charge in [-0.2, -0.15) is 0 Å². The lowest BCUT2D eigenvalue weighted by molar-refractivity contribution is -0.142. The number of hydrogen-bond acceptors (Lipinski definition) is 4. The molecule has 6 nitrogen and oxygen atoms in total. The third-order valence-corrected chi connectivity index (χ3v) is 4.84. The highest BCUT2D eigenvalue weighted by molar-refractivity contribution is 7.90. The Bertz CT molecular complexity index is 452. The molecule has 0 aliphatic heterocycles. The number of carbonyl (C=O) groups excluding carboxylic acids is 1. The number of nitrogens with one attached hydrogen (secondary N) is 1. The highest BCUT2D eigenvalue weighted by atomic mass is 32.2. The summed E-state index contributed by atoms with van der Waals surface area (Å²) in [7, 11) is -3.24. The summed E-state index contributed by atoms with van der Waals surface area (Å²) in [5.74, 6) is -1.40. The number of sulfone groups is 1. The lowest BCUT2D eigenvalue weighted by Crippen LogP contribution is -2.42. The van der Waals surface area contributed by atoms with Crippen LogP contribution in [0.1, 0.15) is 51.4 Å². The van der Waals surface area contributed by atoms with Crippen LogP contribution in [0.5, 0.6) is 0 Å². The molecule has 7 heteroatoms. The molecule has 0 aromatic rings. The van der Waals surface area contributed by atoms with Crippen molar-refractivity contribution < 1.29 is 23.1 Å². The fraction of sp³-hybridized carbons (Fsp3) is 0.857. The van der Waals surface area contributed by atoms with Crippen molar-refractivity contribution in [2.45, 2.75) is 57.4 Å². The van der Waals surface area contributed by atoms with E-state index < -0.39 is 21.8 Å². The van der Waals surface area contributed by atoms with Crippen LogP contribution in [-0.2, 0) is 19.4 Å². The minimum Gasteiger partial charge on any atom is -0.480 e. The van der Waals surface area contributed by atoms with Crippen molar-refractivity contribution in [3.05, 3.63) is 0 Å². The van der Waals surface area contributed by atoms with E-state index >= 15 is 0 Å². The van der Waals surface area contributed by atoms with Crippen molar-refractivity contribution in [3.8, 4) is 0 Å². The molecule has 0 aromatic carbocycles. The molecule has 1 rings (SSSR count). The Kier molecular flexibility index (Phi) is 7.14. The molecular formula is C14H25NO5S. The molecule has 0 bridgehead atoms. The zero-order valence-electron chi connectivity index (χ0n) is 12.5. The topological polar surface area (TPSA) is 101 Å². The van der Waals surface area contributed by atoms with Gasteiger partial charge in [0.2, 0.25) is 5.91 Å². The minimum absolute atomic E-state index is 0.0927. The van der Waals surface area contributed by atoms with E-state index in [-0.39, 0.29) is 18.1 Å². The SMILES string of the molecule is CS(=O)(=O)CCC(NC(=O)CC1CCCCCC1)C(=O)O. The van der Waals surface area contributed by atoms with Crippen LogP contribution in [0.25, 0.3) is 0 Å². The largest absolute Gasteiger partial charge is 0.480 e. The van der Waals surface area contributed by atoms with Crippen LogP contribution in [-0.4, -0.2) is 43.5 Å². The van der Waals surface area contributed by atoms with Gasteiger partial charge in [-0.25, -0.2) is 13.2 Å². The molecule has 21 heavy (non-hydrogen) atoms. The maximum absolute atomic E-state index is 11.9. The molecule has 1 aliphatic rings. The summed E-state index contributed by atoms with van der Waals surface area (Å²) >= 11 is 0. The van der Waals surface area contributed by atoms with Crippen LogP contribution in [0.2, 0.25) is 0 Å². The van der Waals surface area contributed by atoms with E-state index in [1.165, 1.54) is 12.8 Å². The Morgan fingerprint density at radius 2 is 1.76 bits per heavy atom. The molecule has 2 N–H and O–H groups in total. The van der Waals surface area contributed by atoms with Gasteiger partial charge in [0.25, 0.3) is 0 Å². The van der Waals surface area contributed by atoms with Gasteiger partial charge in [0.15, 0.2) is 0 Å². The molecule has 0 aromatic heterocycles. The molecule has 0 spiro atoms. The Labute approximate surface area is 126 Å². The van der Waals surface area contributed by atoms with E-state index in [0.29, 0.717) is 12.3 Å². The first-order valence-corrected chi connectivity index (χ1v) is 9.54. The molecule has 1 amide bonds. The lowest BCUT2D eigenvalue weighted by Gasteiger charge is -2.17. The smallest absolute Gasteiger partial charge is 0.326 e. The predicted octanol–water partition coefficient (Wildman–Crippen LogP) is 1.35. The molecule has 0 heterocycles. The van der Waals surface area contributed by atoms with Crippen LogP contribution < -0.4 is 5.32 Å². The molecule has 0 radical (unpaired) electrons. The monoisotopic (exact) mass is 319 g/mol. The summed E-state index contributed by atoms with van der Waals surface area (Å²) in [5, 5.41) is 11.5. The van der Waals surface area contributed by atoms with Crippen molar-refractivity contribution in [2.75, 3.05) is 12.0 Å². The molecule has 1 aliphatic carbocycles. The van der Waals surface area contributed by atoms with Crippen molar-refractivity contribution in [3.63, 3.8) is 0 Å². The van der Waals surface area contributed by atoms with Crippen LogP contribution in [0.15, 0.2) is 0 Å². The minimum atomic E-state index is -3.24.